The molecule has 1 aliphatic heterocycles. The number of halogens is 2. The van der Waals surface area contributed by atoms with Crippen molar-refractivity contribution in [2.75, 3.05) is 23.0 Å². The number of nitrogens with zero attached hydrogens (tertiary/aromatic N) is 2. The zero-order chi connectivity index (χ0) is 26.3. The van der Waals surface area contributed by atoms with Gasteiger partial charge in [-0.1, -0.05) is 27.7 Å². The number of thioether (sulfide) groups is 1. The molecule has 0 aliphatic carbocycles. The quantitative estimate of drug-likeness (QED) is 0.278. The number of carbonyl (C=O) groups excluding carboxylic acids is 1. The Labute approximate surface area is 218 Å². The van der Waals surface area contributed by atoms with Crippen LogP contribution in [0, 0.1) is 6.01 Å². The van der Waals surface area contributed by atoms with Gasteiger partial charge >= 0.3 is 11.6 Å². The lowest BCUT2D eigenvalue weighted by Crippen LogP contribution is -2.37. The third kappa shape index (κ3) is 6.29. The summed E-state index contributed by atoms with van der Waals surface area (Å²) in [6, 6.07) is 5.61. The highest BCUT2D eigenvalue weighted by Crippen LogP contribution is 2.47. The highest BCUT2D eigenvalue weighted by molar-refractivity contribution is 9.10. The Hall–Kier alpha value is -2.40. The van der Waals surface area contributed by atoms with E-state index in [9.17, 15) is 30.6 Å². The number of aromatic nitrogens is 1. The van der Waals surface area contributed by atoms with E-state index in [1.54, 1.807) is 11.0 Å². The second-order valence-electron chi connectivity index (χ2n) is 7.75. The molecular formula is C20H19BrFN3O8S3. The molecule has 194 valence electrons. The molecule has 1 aliphatic rings. The zero-order valence-electron chi connectivity index (χ0n) is 18.6. The second kappa shape index (κ2) is 10.2. The number of amides is 1. The van der Waals surface area contributed by atoms with E-state index < -0.39 is 37.8 Å². The molecular weight excluding hydrogens is 605 g/mol. The molecule has 0 fully saturated rings. The topological polar surface area (TPSA) is 154 Å². The van der Waals surface area contributed by atoms with E-state index in [2.05, 4.69) is 15.9 Å². The van der Waals surface area contributed by atoms with Crippen molar-refractivity contribution in [1.82, 2.24) is 4.72 Å². The van der Waals surface area contributed by atoms with Gasteiger partial charge in [-0.2, -0.15) is 4.39 Å². The number of hydrogen-bond donors (Lipinski definition) is 1. The van der Waals surface area contributed by atoms with E-state index in [4.69, 9.17) is 8.83 Å². The number of benzene rings is 1. The van der Waals surface area contributed by atoms with Crippen LogP contribution >= 0.6 is 27.7 Å². The highest BCUT2D eigenvalue weighted by Gasteiger charge is 2.32. The minimum absolute atomic E-state index is 0.00915. The van der Waals surface area contributed by atoms with Crippen LogP contribution in [-0.4, -0.2) is 45.3 Å². The summed E-state index contributed by atoms with van der Waals surface area (Å²) in [4.78, 5) is 13.8. The van der Waals surface area contributed by atoms with Gasteiger partial charge in [-0.15, -0.1) is 4.57 Å². The first-order valence-corrected chi connectivity index (χ1v) is 15.2. The van der Waals surface area contributed by atoms with Crippen LogP contribution in [0.2, 0.25) is 0 Å². The van der Waals surface area contributed by atoms with Gasteiger partial charge in [0.2, 0.25) is 15.9 Å². The molecule has 1 aromatic carbocycles. The van der Waals surface area contributed by atoms with Crippen molar-refractivity contribution < 1.29 is 44.0 Å². The van der Waals surface area contributed by atoms with Crippen LogP contribution in [0.3, 0.4) is 0 Å². The first-order chi connectivity index (χ1) is 16.8. The lowest BCUT2D eigenvalue weighted by Gasteiger charge is -2.20. The number of oxazole rings is 1. The molecule has 0 unspecified atom stereocenters. The Balaban J connectivity index is 1.71. The van der Waals surface area contributed by atoms with Crippen LogP contribution in [0.5, 0.6) is 0 Å². The van der Waals surface area contributed by atoms with Crippen LogP contribution in [-0.2, 0) is 31.5 Å². The van der Waals surface area contributed by atoms with Crippen molar-refractivity contribution in [3.05, 3.63) is 45.7 Å². The fourth-order valence-electron chi connectivity index (χ4n) is 3.58. The summed E-state index contributed by atoms with van der Waals surface area (Å²) in [5.74, 6) is -1.54. The van der Waals surface area contributed by atoms with E-state index in [0.717, 1.165) is 22.4 Å². The van der Waals surface area contributed by atoms with Crippen LogP contribution in [0.25, 0.3) is 17.4 Å². The van der Waals surface area contributed by atoms with Crippen LogP contribution in [0.4, 0.5) is 10.1 Å². The molecule has 3 aromatic rings. The molecule has 0 radical (unpaired) electrons. The fourth-order valence-corrected chi connectivity index (χ4v) is 6.47. The average Bonchev–Trinajstić information content (AvgIpc) is 3.35. The predicted octanol–water partition coefficient (Wildman–Crippen LogP) is 2.53. The lowest BCUT2D eigenvalue weighted by molar-refractivity contribution is -0.684. The summed E-state index contributed by atoms with van der Waals surface area (Å²) in [7, 11) is -8.35. The van der Waals surface area contributed by atoms with Crippen LogP contribution < -0.4 is 14.2 Å². The number of sulfonamides is 1. The van der Waals surface area contributed by atoms with E-state index >= 15 is 0 Å². The summed E-state index contributed by atoms with van der Waals surface area (Å²) < 4.78 is 86.2. The summed E-state index contributed by atoms with van der Waals surface area (Å²) in [6.45, 7) is 1.08. The van der Waals surface area contributed by atoms with Gasteiger partial charge in [0, 0.05) is 35.0 Å². The number of furan rings is 1. The normalized spacial score (nSPS) is 15.1. The number of fused-ring (bicyclic) bond motifs is 2. The maximum atomic E-state index is 13.7. The molecule has 2 aromatic heterocycles. The van der Waals surface area contributed by atoms with Gasteiger partial charge in [-0.3, -0.25) is 9.52 Å². The summed E-state index contributed by atoms with van der Waals surface area (Å²) in [6.07, 6.45) is 1.52. The molecule has 11 nitrogen and oxygen atoms in total. The maximum absolute atomic E-state index is 13.7. The third-order valence-corrected chi connectivity index (χ3v) is 8.69. The number of hydrogen-bond acceptors (Lipinski definition) is 10. The molecule has 0 spiro atoms. The third-order valence-electron chi connectivity index (χ3n) is 4.97. The lowest BCUT2D eigenvalue weighted by atomic mass is 10.3. The predicted molar refractivity (Wildman–Crippen MR) is 131 cm³/mol. The molecule has 0 atom stereocenters. The molecule has 0 saturated heterocycles. The molecule has 4 rings (SSSR count). The number of carbonyl (C=O) groups is 1. The number of aryl methyl sites for hydroxylation is 1. The van der Waals surface area contributed by atoms with Crippen molar-refractivity contribution >= 4 is 76.8 Å². The first-order valence-electron chi connectivity index (χ1n) is 10.3. The second-order valence-corrected chi connectivity index (χ2v) is 13.1. The Morgan fingerprint density at radius 2 is 2.00 bits per heavy atom. The van der Waals surface area contributed by atoms with Gasteiger partial charge in [0.15, 0.2) is 6.54 Å². The smallest absolute Gasteiger partial charge is 0.423 e. The fraction of sp³-hybridized carbons (Fsp3) is 0.300. The Morgan fingerprint density at radius 1 is 1.25 bits per heavy atom. The van der Waals surface area contributed by atoms with Gasteiger partial charge in [-0.05, 0) is 18.2 Å². The monoisotopic (exact) mass is 623 g/mol. The van der Waals surface area contributed by atoms with Gasteiger partial charge in [0.25, 0.3) is 11.6 Å². The number of anilines is 1. The van der Waals surface area contributed by atoms with Crippen molar-refractivity contribution in [3.63, 3.8) is 0 Å². The van der Waals surface area contributed by atoms with Crippen molar-refractivity contribution in [2.45, 2.75) is 24.8 Å². The number of rotatable bonds is 9. The van der Waals surface area contributed by atoms with E-state index in [-0.39, 0.29) is 42.5 Å². The van der Waals surface area contributed by atoms with Crippen molar-refractivity contribution in [2.24, 2.45) is 0 Å². The van der Waals surface area contributed by atoms with Crippen molar-refractivity contribution in [3.8, 4) is 0 Å². The summed E-state index contributed by atoms with van der Waals surface area (Å²) in [5, 5.41) is 0.559. The Kier molecular flexibility index (Phi) is 7.52. The summed E-state index contributed by atoms with van der Waals surface area (Å²) >= 11 is 4.73. The standard InChI is InChI=1S/C20H19BrFN3O8S3/c1-12(26)23-35(27,28)8-6-24-14-9-13(21)3-4-16(14)34-19(24)11-18-25(5-2-7-36(29,30)31)20-15(32-18)10-17(22)33-20/h3-4,9-11H,2,5-8H2,1H3,(H-,23,26,29,30,31). The highest BCUT2D eigenvalue weighted by atomic mass is 79.9. The van der Waals surface area contributed by atoms with E-state index in [0.29, 0.717) is 10.7 Å². The van der Waals surface area contributed by atoms with Crippen LogP contribution in [0.15, 0.2) is 47.5 Å². The van der Waals surface area contributed by atoms with Crippen molar-refractivity contribution in [1.29, 1.82) is 0 Å². The van der Waals surface area contributed by atoms with Gasteiger partial charge in [0.1, 0.15) is 0 Å². The SMILES string of the molecule is CC(=O)NS(=O)(=O)CCN1C(=Cc2oc3cc(F)oc3[n+]2CCCS(=O)(=O)[O-])Sc2ccc(Br)cc21. The van der Waals surface area contributed by atoms with Gasteiger partial charge < -0.3 is 18.3 Å². The molecule has 3 heterocycles. The molecule has 36 heavy (non-hydrogen) atoms. The largest absolute Gasteiger partial charge is 0.748 e. The minimum Gasteiger partial charge on any atom is -0.748 e. The number of nitrogens with one attached hydrogen (secondary N) is 1. The minimum atomic E-state index is -4.46. The van der Waals surface area contributed by atoms with E-state index in [1.807, 2.05) is 22.9 Å². The van der Waals surface area contributed by atoms with E-state index in [1.165, 1.54) is 16.3 Å². The Morgan fingerprint density at radius 3 is 2.69 bits per heavy atom. The molecule has 1 amide bonds. The molecule has 1 N–H and O–H groups in total. The summed E-state index contributed by atoms with van der Waals surface area (Å²) in [5.41, 5.74) is 0.807. The molecule has 16 heteroatoms. The molecule has 0 saturated carbocycles. The van der Waals surface area contributed by atoms with Crippen LogP contribution in [0.1, 0.15) is 19.2 Å². The maximum Gasteiger partial charge on any atom is 0.423 e. The van der Waals surface area contributed by atoms with Gasteiger partial charge in [0.05, 0.1) is 38.7 Å². The molecule has 0 bridgehead atoms. The van der Waals surface area contributed by atoms with Gasteiger partial charge in [-0.25, -0.2) is 16.8 Å². The zero-order valence-corrected chi connectivity index (χ0v) is 22.6. The first kappa shape index (κ1) is 26.7. The Bertz CT molecular complexity index is 1580. The average molecular weight is 624 g/mol.